The van der Waals surface area contributed by atoms with E-state index in [4.69, 9.17) is 95.3 Å². The topological polar surface area (TPSA) is 410 Å². The summed E-state index contributed by atoms with van der Waals surface area (Å²) < 4.78 is 88.1. The maximum atomic E-state index is 13.0. The molecule has 534 valence electrons. The number of rotatable bonds is 53. The highest BCUT2D eigenvalue weighted by molar-refractivity contribution is 6.02. The molecule has 0 saturated carbocycles. The number of hydroxylamine groups is 4. The van der Waals surface area contributed by atoms with Gasteiger partial charge in [-0.15, -0.1) is 10.1 Å². The first-order valence-corrected chi connectivity index (χ1v) is 27.7. The summed E-state index contributed by atoms with van der Waals surface area (Å²) >= 11 is 0. The van der Waals surface area contributed by atoms with Gasteiger partial charge in [-0.2, -0.15) is 0 Å². The molecule has 12 atom stereocenters. The molecule has 4 amide bonds. The van der Waals surface area contributed by atoms with Crippen LogP contribution in [0.4, 0.5) is 0 Å². The summed E-state index contributed by atoms with van der Waals surface area (Å²) in [5.74, 6) is -10.2. The van der Waals surface area contributed by atoms with E-state index in [0.717, 1.165) is 75.1 Å². The first-order chi connectivity index (χ1) is 45.5. The van der Waals surface area contributed by atoms with Crippen molar-refractivity contribution in [1.82, 2.24) is 10.1 Å². The Labute approximate surface area is 554 Å². The summed E-state index contributed by atoms with van der Waals surface area (Å²) in [4.78, 5) is 143. The van der Waals surface area contributed by atoms with Crippen LogP contribution < -0.4 is 0 Å². The van der Waals surface area contributed by atoms with Gasteiger partial charge in [0.25, 0.3) is 23.6 Å². The molecule has 2 saturated heterocycles. The van der Waals surface area contributed by atoms with Gasteiger partial charge in [0, 0.05) is 52.9 Å². The molecular weight excluding hydrogens is 1280 g/mol. The summed E-state index contributed by atoms with van der Waals surface area (Å²) in [6.45, 7) is 40.4. The summed E-state index contributed by atoms with van der Waals surface area (Å²) in [7, 11) is 2.86. The van der Waals surface area contributed by atoms with Gasteiger partial charge in [0.1, 0.15) is 19.8 Å². The summed E-state index contributed by atoms with van der Waals surface area (Å²) in [6.07, 6.45) is -6.95. The number of nitrogens with zero attached hydrogens (tertiary/aromatic N) is 2. The Morgan fingerprint density at radius 3 is 0.917 bits per heavy atom. The Bertz CT molecular complexity index is 2610. The second kappa shape index (κ2) is 50.7. The minimum Gasteiger partial charge on any atom is -0.490 e. The standard InChI is InChI=1S/C23H29NO12.C21H27NO11.C17H24O9.CH4/c1-5-32-19(15(25)10-9-13-31-14-18(28)29)20(33-6-2)21(34-7-3)22(35-8-4)23(30)36-24-16(26)11-12-17(24)27;1-6-28-16(18(30-8-3)20(25)32-13-12-27-5)17(29-7-2)19(31-9-4)21(26)33-22-14(23)10-11-15(22)24;1-6-22-12(14(16(18)19)24-8-3)13(23-7-2)15(25-9-4)17(20)26-11-10-21-5;/h5-8,19-22H,1-4,9-14H2,(H,28,29);6-9,16-19H,1-4,10-13H2,5H3;6-9,12-15H,1-4,10-11H2,5H3,(H,18,19);1H4. The third kappa shape index (κ3) is 29.8. The molecule has 0 bridgehead atoms. The maximum absolute atomic E-state index is 13.0. The second-order valence-corrected chi connectivity index (χ2v) is 17.6. The molecule has 2 fully saturated rings. The fourth-order valence-corrected chi connectivity index (χ4v) is 7.76. The van der Waals surface area contributed by atoms with E-state index in [1.807, 2.05) is 0 Å². The van der Waals surface area contributed by atoms with E-state index in [1.165, 1.54) is 14.2 Å². The molecule has 2 heterocycles. The zero-order valence-corrected chi connectivity index (χ0v) is 52.4. The molecule has 2 rings (SSSR count). The number of Topliss-reactive ketones (excluding diaryl/α,β-unsaturated/α-hetero) is 1. The summed E-state index contributed by atoms with van der Waals surface area (Å²) in [6, 6.07) is 0. The van der Waals surface area contributed by atoms with Crippen molar-refractivity contribution in [3.05, 3.63) is 154 Å². The largest absolute Gasteiger partial charge is 0.490 e. The van der Waals surface area contributed by atoms with E-state index in [2.05, 4.69) is 78.9 Å². The normalized spacial score (nSPS) is 15.6. The number of ether oxygens (including phenoxy) is 17. The van der Waals surface area contributed by atoms with Gasteiger partial charge in [-0.25, -0.2) is 28.8 Å². The molecule has 0 aromatic heterocycles. The van der Waals surface area contributed by atoms with Gasteiger partial charge in [0.15, 0.2) is 48.5 Å². The highest BCUT2D eigenvalue weighted by atomic mass is 16.7. The number of aliphatic carboxylic acids is 2. The van der Waals surface area contributed by atoms with Gasteiger partial charge >= 0.3 is 35.8 Å². The molecule has 2 aliphatic rings. The van der Waals surface area contributed by atoms with Crippen molar-refractivity contribution in [1.29, 1.82) is 0 Å². The number of amides is 4. The average Bonchev–Trinajstić information content (AvgIpc) is 0.875. The fraction of sp³-hybridized carbons (Fsp3) is 0.435. The Morgan fingerprint density at radius 2 is 0.646 bits per heavy atom. The predicted octanol–water partition coefficient (Wildman–Crippen LogP) is 4.07. The molecule has 34 heteroatoms. The second-order valence-electron chi connectivity index (χ2n) is 17.6. The first kappa shape index (κ1) is 87.2. The van der Waals surface area contributed by atoms with Crippen molar-refractivity contribution in [3.8, 4) is 0 Å². The minimum atomic E-state index is -1.71. The van der Waals surface area contributed by atoms with Crippen LogP contribution >= 0.6 is 0 Å². The number of carbonyl (C=O) groups is 11. The van der Waals surface area contributed by atoms with Crippen LogP contribution in [0.25, 0.3) is 0 Å². The molecule has 34 nitrogen and oxygen atoms in total. The van der Waals surface area contributed by atoms with E-state index in [0.29, 0.717) is 10.1 Å². The molecule has 0 aromatic carbocycles. The van der Waals surface area contributed by atoms with Crippen LogP contribution in [0.15, 0.2) is 154 Å². The van der Waals surface area contributed by atoms with Crippen LogP contribution in [0.2, 0.25) is 0 Å². The van der Waals surface area contributed by atoms with E-state index >= 15 is 0 Å². The van der Waals surface area contributed by atoms with E-state index in [1.54, 1.807) is 0 Å². The Kier molecular flexibility index (Phi) is 46.0. The molecule has 2 N–H and O–H groups in total. The Morgan fingerprint density at radius 1 is 0.385 bits per heavy atom. The smallest absolute Gasteiger partial charge is 0.377 e. The third-order valence-electron chi connectivity index (χ3n) is 11.6. The summed E-state index contributed by atoms with van der Waals surface area (Å²) in [5, 5.41) is 18.6. The van der Waals surface area contributed by atoms with Crippen LogP contribution in [0, 0.1) is 0 Å². The van der Waals surface area contributed by atoms with Gasteiger partial charge in [-0.05, 0) is 6.42 Å². The lowest BCUT2D eigenvalue weighted by atomic mass is 9.97. The van der Waals surface area contributed by atoms with E-state index < -0.39 is 145 Å². The molecule has 12 unspecified atom stereocenters. The molecular formula is C62H84N2O32. The predicted molar refractivity (Wildman–Crippen MR) is 328 cm³/mol. The minimum absolute atomic E-state index is 0. The third-order valence-corrected chi connectivity index (χ3v) is 11.6. The van der Waals surface area contributed by atoms with Crippen LogP contribution in [-0.2, 0) is 143 Å². The van der Waals surface area contributed by atoms with Crippen LogP contribution in [0.3, 0.4) is 0 Å². The van der Waals surface area contributed by atoms with E-state index in [-0.39, 0.29) is 79.0 Å². The van der Waals surface area contributed by atoms with Gasteiger partial charge < -0.3 is 100 Å². The Hall–Kier alpha value is -10.9. The van der Waals surface area contributed by atoms with Crippen molar-refractivity contribution < 1.29 is 153 Å². The van der Waals surface area contributed by atoms with Crippen molar-refractivity contribution >= 4 is 65.2 Å². The average molecular weight is 1370 g/mol. The molecule has 96 heavy (non-hydrogen) atoms. The van der Waals surface area contributed by atoms with Gasteiger partial charge in [-0.3, -0.25) is 24.0 Å². The lowest BCUT2D eigenvalue weighted by molar-refractivity contribution is -0.212. The van der Waals surface area contributed by atoms with Crippen LogP contribution in [-0.4, -0.2) is 213 Å². The zero-order chi connectivity index (χ0) is 71.8. The number of methoxy groups -OCH3 is 2. The number of imide groups is 2. The van der Waals surface area contributed by atoms with E-state index in [9.17, 15) is 57.8 Å². The lowest BCUT2D eigenvalue weighted by Gasteiger charge is -2.34. The number of carboxylic acid groups (broad SMARTS) is 2. The maximum Gasteiger partial charge on any atom is 0.377 e. The van der Waals surface area contributed by atoms with Crippen LogP contribution in [0.5, 0.6) is 0 Å². The number of ketones is 1. The number of carbonyl (C=O) groups excluding carboxylic acids is 9. The quantitative estimate of drug-likeness (QED) is 0.0375. The number of hydrogen-bond donors (Lipinski definition) is 2. The molecule has 0 aromatic rings. The fourth-order valence-electron chi connectivity index (χ4n) is 7.76. The molecule has 0 radical (unpaired) electrons. The van der Waals surface area contributed by atoms with Crippen molar-refractivity contribution in [2.75, 3.05) is 53.9 Å². The lowest BCUT2D eigenvalue weighted by Crippen LogP contribution is -2.54. The molecule has 2 aliphatic heterocycles. The Balaban J connectivity index is 0. The monoisotopic (exact) mass is 1370 g/mol. The number of esters is 2. The van der Waals surface area contributed by atoms with Crippen LogP contribution in [0.1, 0.15) is 46.0 Å². The van der Waals surface area contributed by atoms with Gasteiger partial charge in [-0.1, -0.05) is 86.4 Å². The van der Waals surface area contributed by atoms with Crippen molar-refractivity contribution in [2.24, 2.45) is 0 Å². The highest BCUT2D eigenvalue weighted by Gasteiger charge is 2.51. The highest BCUT2D eigenvalue weighted by Crippen LogP contribution is 2.26. The number of carboxylic acids is 2. The van der Waals surface area contributed by atoms with Gasteiger partial charge in [0.05, 0.1) is 88.4 Å². The SMILES string of the molecule is C.C=COC(C(=O)CCCOCC(=O)O)C(OC=C)C(OC=C)C(OC=C)C(=O)ON1C(=O)CCC1=O.C=COC(C(=O)O)C(OC=C)C(OC=C)C(OC=C)C(=O)OCCOC.C=COC(C(=O)OCCOC)C(OC=C)C(OC=C)C(OC=C)C(=O)ON1C(=O)CCC1=O. The van der Waals surface area contributed by atoms with Gasteiger partial charge in [0.2, 0.25) is 30.5 Å². The van der Waals surface area contributed by atoms with Crippen molar-refractivity contribution in [2.45, 2.75) is 119 Å². The molecule has 0 aliphatic carbocycles. The number of hydrogen-bond acceptors (Lipinski definition) is 30. The molecule has 0 spiro atoms. The zero-order valence-electron chi connectivity index (χ0n) is 52.4. The first-order valence-electron chi connectivity index (χ1n) is 27.7. The van der Waals surface area contributed by atoms with Crippen molar-refractivity contribution in [3.63, 3.8) is 0 Å². The summed E-state index contributed by atoms with van der Waals surface area (Å²) in [5.41, 5.74) is 0.